The number of carbonyl (C=O) groups is 1. The SMILES string of the molecule is CNC(=O)OCc1cc(Br)n(S(=O)(=O)c2cccc(OC)c2)c1. The number of carbonyl (C=O) groups excluding carboxylic acids is 1. The number of benzene rings is 1. The fraction of sp³-hybridized carbons (Fsp3) is 0.214. The van der Waals surface area contributed by atoms with Crippen molar-refractivity contribution in [1.82, 2.24) is 9.29 Å². The molecule has 0 saturated heterocycles. The lowest BCUT2D eigenvalue weighted by Gasteiger charge is -2.08. The topological polar surface area (TPSA) is 86.6 Å². The smallest absolute Gasteiger partial charge is 0.407 e. The number of hydrogen-bond donors (Lipinski definition) is 1. The summed E-state index contributed by atoms with van der Waals surface area (Å²) < 4.78 is 36.7. The predicted octanol–water partition coefficient (Wildman–Crippen LogP) is 2.35. The van der Waals surface area contributed by atoms with Gasteiger partial charge in [-0.3, -0.25) is 0 Å². The average Bonchev–Trinajstić information content (AvgIpc) is 2.94. The molecule has 124 valence electrons. The molecule has 1 N–H and O–H groups in total. The summed E-state index contributed by atoms with van der Waals surface area (Å²) in [6.07, 6.45) is 0.798. The van der Waals surface area contributed by atoms with E-state index in [2.05, 4.69) is 21.2 Å². The maximum atomic E-state index is 12.7. The first kappa shape index (κ1) is 17.4. The number of hydrogen-bond acceptors (Lipinski definition) is 5. The van der Waals surface area contributed by atoms with Gasteiger partial charge in [-0.25, -0.2) is 17.2 Å². The summed E-state index contributed by atoms with van der Waals surface area (Å²) in [5.74, 6) is 0.442. The molecule has 2 aromatic rings. The molecule has 23 heavy (non-hydrogen) atoms. The second-order valence-corrected chi connectivity index (χ2v) is 7.10. The molecule has 7 nitrogen and oxygen atoms in total. The maximum absolute atomic E-state index is 12.7. The molecule has 2 rings (SSSR count). The van der Waals surface area contributed by atoms with Crippen LogP contribution in [0.25, 0.3) is 0 Å². The van der Waals surface area contributed by atoms with Crippen LogP contribution in [-0.2, 0) is 21.4 Å². The van der Waals surface area contributed by atoms with E-state index in [0.717, 1.165) is 3.97 Å². The first-order chi connectivity index (χ1) is 10.9. The van der Waals surface area contributed by atoms with Crippen LogP contribution in [0.3, 0.4) is 0 Å². The maximum Gasteiger partial charge on any atom is 0.407 e. The summed E-state index contributed by atoms with van der Waals surface area (Å²) in [6, 6.07) is 7.74. The monoisotopic (exact) mass is 402 g/mol. The van der Waals surface area contributed by atoms with Gasteiger partial charge in [0.25, 0.3) is 10.0 Å². The second-order valence-electron chi connectivity index (χ2n) is 4.48. The van der Waals surface area contributed by atoms with Crippen molar-refractivity contribution in [2.45, 2.75) is 11.5 Å². The number of halogens is 1. The number of rotatable bonds is 5. The first-order valence-corrected chi connectivity index (χ1v) is 8.72. The summed E-state index contributed by atoms with van der Waals surface area (Å²) in [5, 5.41) is 2.31. The van der Waals surface area contributed by atoms with Gasteiger partial charge < -0.3 is 14.8 Å². The second kappa shape index (κ2) is 7.05. The Hall–Kier alpha value is -2.00. The molecule has 0 aliphatic heterocycles. The Morgan fingerprint density at radius 1 is 1.35 bits per heavy atom. The van der Waals surface area contributed by atoms with Crippen LogP contribution < -0.4 is 10.1 Å². The van der Waals surface area contributed by atoms with E-state index < -0.39 is 16.1 Å². The summed E-state index contributed by atoms with van der Waals surface area (Å²) in [4.78, 5) is 11.2. The Morgan fingerprint density at radius 2 is 2.09 bits per heavy atom. The molecule has 0 aliphatic carbocycles. The summed E-state index contributed by atoms with van der Waals surface area (Å²) >= 11 is 3.21. The molecule has 1 aromatic heterocycles. The minimum Gasteiger partial charge on any atom is -0.497 e. The Kier molecular flexibility index (Phi) is 5.32. The van der Waals surface area contributed by atoms with Crippen molar-refractivity contribution in [2.24, 2.45) is 0 Å². The summed E-state index contributed by atoms with van der Waals surface area (Å²) in [6.45, 7) is -0.0428. The van der Waals surface area contributed by atoms with Gasteiger partial charge in [-0.05, 0) is 34.1 Å². The number of methoxy groups -OCH3 is 1. The lowest BCUT2D eigenvalue weighted by molar-refractivity contribution is 0.142. The van der Waals surface area contributed by atoms with Gasteiger partial charge >= 0.3 is 6.09 Å². The molecule has 0 aliphatic rings. The van der Waals surface area contributed by atoms with E-state index in [1.54, 1.807) is 18.2 Å². The number of amides is 1. The van der Waals surface area contributed by atoms with Crippen LogP contribution >= 0.6 is 15.9 Å². The fourth-order valence-electron chi connectivity index (χ4n) is 1.83. The van der Waals surface area contributed by atoms with Gasteiger partial charge in [-0.2, -0.15) is 0 Å². The quantitative estimate of drug-likeness (QED) is 0.829. The van der Waals surface area contributed by atoms with Crippen molar-refractivity contribution < 1.29 is 22.7 Å². The number of aromatic nitrogens is 1. The molecule has 1 aromatic carbocycles. The molecule has 0 bridgehead atoms. The van der Waals surface area contributed by atoms with Crippen LogP contribution in [0.2, 0.25) is 0 Å². The predicted molar refractivity (Wildman–Crippen MR) is 87.0 cm³/mol. The van der Waals surface area contributed by atoms with Crippen LogP contribution in [0.5, 0.6) is 5.75 Å². The lowest BCUT2D eigenvalue weighted by atomic mass is 10.3. The van der Waals surface area contributed by atoms with Gasteiger partial charge in [-0.15, -0.1) is 0 Å². The van der Waals surface area contributed by atoms with Gasteiger partial charge in [0.15, 0.2) is 0 Å². The molecule has 0 radical (unpaired) electrons. The number of nitrogens with one attached hydrogen (secondary N) is 1. The molecule has 0 spiro atoms. The lowest BCUT2D eigenvalue weighted by Crippen LogP contribution is -2.18. The zero-order chi connectivity index (χ0) is 17.0. The third-order valence-electron chi connectivity index (χ3n) is 2.97. The molecular formula is C14H15BrN2O5S. The van der Waals surface area contributed by atoms with Crippen molar-refractivity contribution in [3.05, 3.63) is 46.7 Å². The highest BCUT2D eigenvalue weighted by molar-refractivity contribution is 9.10. The van der Waals surface area contributed by atoms with Crippen molar-refractivity contribution in [3.8, 4) is 5.75 Å². The van der Waals surface area contributed by atoms with Crippen LogP contribution in [-0.4, -0.2) is 32.6 Å². The highest BCUT2D eigenvalue weighted by Gasteiger charge is 2.21. The summed E-state index contributed by atoms with van der Waals surface area (Å²) in [5.41, 5.74) is 0.534. The Balaban J connectivity index is 2.33. The van der Waals surface area contributed by atoms with Crippen LogP contribution in [0, 0.1) is 0 Å². The largest absolute Gasteiger partial charge is 0.497 e. The van der Waals surface area contributed by atoms with E-state index in [9.17, 15) is 13.2 Å². The van der Waals surface area contributed by atoms with Crippen molar-refractivity contribution in [2.75, 3.05) is 14.2 Å². The average molecular weight is 403 g/mol. The van der Waals surface area contributed by atoms with Crippen molar-refractivity contribution in [3.63, 3.8) is 0 Å². The van der Waals surface area contributed by atoms with Gasteiger partial charge in [0.1, 0.15) is 17.0 Å². The Morgan fingerprint density at radius 3 is 2.74 bits per heavy atom. The fourth-order valence-corrected chi connectivity index (χ4v) is 4.09. The Bertz CT molecular complexity index is 816. The minimum atomic E-state index is -3.79. The van der Waals surface area contributed by atoms with Gasteiger partial charge in [-0.1, -0.05) is 6.07 Å². The molecule has 1 amide bonds. The molecule has 0 saturated carbocycles. The molecule has 0 atom stereocenters. The van der Waals surface area contributed by atoms with Crippen LogP contribution in [0.1, 0.15) is 5.56 Å². The van der Waals surface area contributed by atoms with Crippen LogP contribution in [0.15, 0.2) is 46.0 Å². The molecular weight excluding hydrogens is 388 g/mol. The molecule has 0 unspecified atom stereocenters. The van der Waals surface area contributed by atoms with E-state index >= 15 is 0 Å². The van der Waals surface area contributed by atoms with E-state index in [4.69, 9.17) is 9.47 Å². The zero-order valence-electron chi connectivity index (χ0n) is 12.4. The standard InChI is InChI=1S/C14H15BrN2O5S/c1-16-14(18)22-9-10-6-13(15)17(8-10)23(19,20)12-5-3-4-11(7-12)21-2/h3-8H,9H2,1-2H3,(H,16,18). The normalized spacial score (nSPS) is 11.1. The molecule has 0 fully saturated rings. The van der Waals surface area contributed by atoms with Crippen molar-refractivity contribution in [1.29, 1.82) is 0 Å². The summed E-state index contributed by atoms with van der Waals surface area (Å²) in [7, 11) is -0.887. The number of ether oxygens (including phenoxy) is 2. The van der Waals surface area contributed by atoms with Gasteiger partial charge in [0.05, 0.1) is 12.0 Å². The molecule has 9 heteroatoms. The highest BCUT2D eigenvalue weighted by atomic mass is 79.9. The third kappa shape index (κ3) is 3.85. The minimum absolute atomic E-state index is 0.0428. The van der Waals surface area contributed by atoms with E-state index in [-0.39, 0.29) is 11.5 Å². The van der Waals surface area contributed by atoms with Gasteiger partial charge in [0.2, 0.25) is 0 Å². The zero-order valence-corrected chi connectivity index (χ0v) is 14.8. The number of alkyl carbamates (subject to hydrolysis) is 1. The Labute approximate surface area is 142 Å². The van der Waals surface area contributed by atoms with E-state index in [1.165, 1.54) is 32.5 Å². The van der Waals surface area contributed by atoms with Crippen molar-refractivity contribution >= 4 is 32.0 Å². The van der Waals surface area contributed by atoms with Gasteiger partial charge in [0, 0.05) is 24.9 Å². The third-order valence-corrected chi connectivity index (χ3v) is 5.49. The van der Waals surface area contributed by atoms with E-state index in [1.807, 2.05) is 0 Å². The number of nitrogens with zero attached hydrogens (tertiary/aromatic N) is 1. The molecule has 1 heterocycles. The van der Waals surface area contributed by atoms with Crippen LogP contribution in [0.4, 0.5) is 4.79 Å². The highest BCUT2D eigenvalue weighted by Crippen LogP contribution is 2.25. The first-order valence-electron chi connectivity index (χ1n) is 6.49. The van der Waals surface area contributed by atoms with E-state index in [0.29, 0.717) is 15.9 Å².